The SMILES string of the molecule is COc1ccc2c(c1)CCCC2(OC)C(=O)O. The quantitative estimate of drug-likeness (QED) is 0.871. The summed E-state index contributed by atoms with van der Waals surface area (Å²) in [6.45, 7) is 0. The van der Waals surface area contributed by atoms with Crippen molar-refractivity contribution >= 4 is 5.97 Å². The van der Waals surface area contributed by atoms with Crippen molar-refractivity contribution in [3.8, 4) is 5.75 Å². The van der Waals surface area contributed by atoms with Crippen molar-refractivity contribution in [3.63, 3.8) is 0 Å². The van der Waals surface area contributed by atoms with Crippen LogP contribution in [-0.2, 0) is 21.6 Å². The van der Waals surface area contributed by atoms with E-state index in [1.807, 2.05) is 6.07 Å². The molecule has 1 aliphatic rings. The molecule has 2 rings (SSSR count). The zero-order valence-electron chi connectivity index (χ0n) is 10.0. The summed E-state index contributed by atoms with van der Waals surface area (Å²) < 4.78 is 10.5. The number of ether oxygens (including phenoxy) is 2. The summed E-state index contributed by atoms with van der Waals surface area (Å²) >= 11 is 0. The molecule has 0 aromatic heterocycles. The highest BCUT2D eigenvalue weighted by Gasteiger charge is 2.43. The molecule has 1 aromatic rings. The lowest BCUT2D eigenvalue weighted by Crippen LogP contribution is -2.40. The van der Waals surface area contributed by atoms with Crippen LogP contribution in [0.2, 0.25) is 0 Å². The third kappa shape index (κ3) is 1.78. The molecule has 1 aliphatic carbocycles. The first-order chi connectivity index (χ1) is 8.14. The number of hydrogen-bond donors (Lipinski definition) is 1. The number of benzene rings is 1. The van der Waals surface area contributed by atoms with E-state index in [9.17, 15) is 9.90 Å². The molecule has 4 nitrogen and oxygen atoms in total. The van der Waals surface area contributed by atoms with Gasteiger partial charge in [-0.3, -0.25) is 0 Å². The Hall–Kier alpha value is -1.55. The number of carboxylic acid groups (broad SMARTS) is 1. The number of fused-ring (bicyclic) bond motifs is 1. The topological polar surface area (TPSA) is 55.8 Å². The number of aryl methyl sites for hydroxylation is 1. The van der Waals surface area contributed by atoms with Crippen LogP contribution in [0.15, 0.2) is 18.2 Å². The first-order valence-electron chi connectivity index (χ1n) is 5.60. The fourth-order valence-electron chi connectivity index (χ4n) is 2.48. The van der Waals surface area contributed by atoms with Crippen molar-refractivity contribution in [2.24, 2.45) is 0 Å². The zero-order chi connectivity index (χ0) is 12.5. The first kappa shape index (κ1) is 11.9. The molecular formula is C13H16O4. The second-order valence-electron chi connectivity index (χ2n) is 4.21. The summed E-state index contributed by atoms with van der Waals surface area (Å²) in [4.78, 5) is 11.5. The van der Waals surface area contributed by atoms with Crippen LogP contribution in [0.5, 0.6) is 5.75 Å². The van der Waals surface area contributed by atoms with Crippen LogP contribution < -0.4 is 4.74 Å². The molecule has 0 amide bonds. The lowest BCUT2D eigenvalue weighted by molar-refractivity contribution is -0.165. The van der Waals surface area contributed by atoms with Gasteiger partial charge in [0.25, 0.3) is 0 Å². The van der Waals surface area contributed by atoms with Crippen LogP contribution >= 0.6 is 0 Å². The van der Waals surface area contributed by atoms with E-state index in [-0.39, 0.29) is 0 Å². The molecule has 1 atom stereocenters. The van der Waals surface area contributed by atoms with E-state index in [1.165, 1.54) is 7.11 Å². The zero-order valence-corrected chi connectivity index (χ0v) is 10.0. The van der Waals surface area contributed by atoms with Crippen LogP contribution in [0.25, 0.3) is 0 Å². The Balaban J connectivity index is 2.54. The Morgan fingerprint density at radius 2 is 2.18 bits per heavy atom. The van der Waals surface area contributed by atoms with Crippen molar-refractivity contribution in [1.82, 2.24) is 0 Å². The van der Waals surface area contributed by atoms with E-state index in [0.717, 1.165) is 29.7 Å². The molecule has 0 radical (unpaired) electrons. The van der Waals surface area contributed by atoms with Gasteiger partial charge in [0.1, 0.15) is 5.75 Å². The second kappa shape index (κ2) is 4.37. The fourth-order valence-corrected chi connectivity index (χ4v) is 2.48. The Morgan fingerprint density at radius 3 is 2.76 bits per heavy atom. The van der Waals surface area contributed by atoms with Gasteiger partial charge in [-0.15, -0.1) is 0 Å². The third-order valence-corrected chi connectivity index (χ3v) is 3.42. The Morgan fingerprint density at radius 1 is 1.41 bits per heavy atom. The highest BCUT2D eigenvalue weighted by molar-refractivity contribution is 5.80. The average molecular weight is 236 g/mol. The Kier molecular flexibility index (Phi) is 3.07. The molecule has 1 N–H and O–H groups in total. The van der Waals surface area contributed by atoms with Crippen molar-refractivity contribution in [2.45, 2.75) is 24.9 Å². The summed E-state index contributed by atoms with van der Waals surface area (Å²) in [5, 5.41) is 9.41. The number of hydrogen-bond acceptors (Lipinski definition) is 3. The maximum Gasteiger partial charge on any atom is 0.340 e. The molecule has 1 aromatic carbocycles. The number of rotatable bonds is 3. The van der Waals surface area contributed by atoms with Gasteiger partial charge in [0.2, 0.25) is 0 Å². The largest absolute Gasteiger partial charge is 0.497 e. The van der Waals surface area contributed by atoms with Gasteiger partial charge >= 0.3 is 5.97 Å². The minimum atomic E-state index is -1.19. The van der Waals surface area contributed by atoms with Gasteiger partial charge in [-0.1, -0.05) is 6.07 Å². The van der Waals surface area contributed by atoms with Crippen molar-refractivity contribution in [1.29, 1.82) is 0 Å². The number of carbonyl (C=O) groups is 1. The summed E-state index contributed by atoms with van der Waals surface area (Å²) in [7, 11) is 3.05. The molecule has 92 valence electrons. The monoisotopic (exact) mass is 236 g/mol. The molecule has 0 bridgehead atoms. The summed E-state index contributed by atoms with van der Waals surface area (Å²) in [6, 6.07) is 5.47. The molecule has 0 fully saturated rings. The molecule has 4 heteroatoms. The van der Waals surface area contributed by atoms with Crippen LogP contribution in [0.3, 0.4) is 0 Å². The van der Waals surface area contributed by atoms with Gasteiger partial charge in [-0.2, -0.15) is 0 Å². The van der Waals surface area contributed by atoms with Crippen molar-refractivity contribution in [2.75, 3.05) is 14.2 Å². The second-order valence-corrected chi connectivity index (χ2v) is 4.21. The van der Waals surface area contributed by atoms with Gasteiger partial charge in [-0.25, -0.2) is 4.79 Å². The molecule has 1 unspecified atom stereocenters. The molecular weight excluding hydrogens is 220 g/mol. The van der Waals surface area contributed by atoms with Crippen molar-refractivity contribution in [3.05, 3.63) is 29.3 Å². The van der Waals surface area contributed by atoms with E-state index >= 15 is 0 Å². The molecule has 0 saturated heterocycles. The lowest BCUT2D eigenvalue weighted by Gasteiger charge is -2.34. The molecule has 0 aliphatic heterocycles. The van der Waals surface area contributed by atoms with Gasteiger partial charge in [0, 0.05) is 7.11 Å². The highest BCUT2D eigenvalue weighted by Crippen LogP contribution is 2.39. The first-order valence-corrected chi connectivity index (χ1v) is 5.60. The minimum Gasteiger partial charge on any atom is -0.497 e. The molecule has 0 spiro atoms. The van der Waals surface area contributed by atoms with Crippen molar-refractivity contribution < 1.29 is 19.4 Å². The fraction of sp³-hybridized carbons (Fsp3) is 0.462. The minimum absolute atomic E-state index is 0.512. The van der Waals surface area contributed by atoms with Gasteiger partial charge in [-0.05, 0) is 42.5 Å². The predicted molar refractivity (Wildman–Crippen MR) is 62.3 cm³/mol. The summed E-state index contributed by atoms with van der Waals surface area (Å²) in [5.74, 6) is -0.174. The Labute approximate surface area is 100 Å². The lowest BCUT2D eigenvalue weighted by atomic mass is 9.79. The number of aliphatic carboxylic acids is 1. The van der Waals surface area contributed by atoms with Crippen LogP contribution in [0, 0.1) is 0 Å². The standard InChI is InChI=1S/C13H16O4/c1-16-10-5-6-11-9(8-10)4-3-7-13(11,17-2)12(14)15/h5-6,8H,3-4,7H2,1-2H3,(H,14,15). The molecule has 17 heavy (non-hydrogen) atoms. The van der Waals surface area contributed by atoms with E-state index in [1.54, 1.807) is 19.2 Å². The van der Waals surface area contributed by atoms with E-state index in [2.05, 4.69) is 0 Å². The maximum atomic E-state index is 11.5. The number of methoxy groups -OCH3 is 2. The smallest absolute Gasteiger partial charge is 0.340 e. The van der Waals surface area contributed by atoms with Crippen LogP contribution in [-0.4, -0.2) is 25.3 Å². The highest BCUT2D eigenvalue weighted by atomic mass is 16.5. The Bertz CT molecular complexity index is 441. The van der Waals surface area contributed by atoms with E-state index in [4.69, 9.17) is 9.47 Å². The average Bonchev–Trinajstić information content (AvgIpc) is 2.36. The summed E-state index contributed by atoms with van der Waals surface area (Å²) in [5.41, 5.74) is 0.555. The third-order valence-electron chi connectivity index (χ3n) is 3.42. The maximum absolute atomic E-state index is 11.5. The summed E-state index contributed by atoms with van der Waals surface area (Å²) in [6.07, 6.45) is 2.18. The van der Waals surface area contributed by atoms with E-state index < -0.39 is 11.6 Å². The van der Waals surface area contributed by atoms with Gasteiger partial charge in [0.05, 0.1) is 7.11 Å². The van der Waals surface area contributed by atoms with Gasteiger partial charge < -0.3 is 14.6 Å². The molecule has 0 saturated carbocycles. The number of carboxylic acids is 1. The normalized spacial score (nSPS) is 22.9. The van der Waals surface area contributed by atoms with Crippen LogP contribution in [0.1, 0.15) is 24.0 Å². The van der Waals surface area contributed by atoms with E-state index in [0.29, 0.717) is 6.42 Å². The van der Waals surface area contributed by atoms with Gasteiger partial charge in [0.15, 0.2) is 5.60 Å². The van der Waals surface area contributed by atoms with Crippen LogP contribution in [0.4, 0.5) is 0 Å². The predicted octanol–water partition coefficient (Wildman–Crippen LogP) is 1.96. The molecule has 0 heterocycles.